The van der Waals surface area contributed by atoms with E-state index in [9.17, 15) is 9.59 Å². The molecule has 3 rings (SSSR count). The van der Waals surface area contributed by atoms with E-state index in [1.165, 1.54) is 6.20 Å². The Balaban J connectivity index is 1.39. The van der Waals surface area contributed by atoms with Crippen LogP contribution in [0.2, 0.25) is 10.0 Å². The van der Waals surface area contributed by atoms with Gasteiger partial charge in [-0.05, 0) is 24.6 Å². The van der Waals surface area contributed by atoms with Crippen LogP contribution < -0.4 is 16.2 Å². The molecule has 146 valence electrons. The molecule has 0 spiro atoms. The summed E-state index contributed by atoms with van der Waals surface area (Å²) in [6, 6.07) is 8.78. The molecule has 0 bridgehead atoms. The number of pyridine rings is 1. The van der Waals surface area contributed by atoms with Crippen molar-refractivity contribution < 1.29 is 4.79 Å². The lowest BCUT2D eigenvalue weighted by Gasteiger charge is -2.09. The lowest BCUT2D eigenvalue weighted by atomic mass is 10.2. The van der Waals surface area contributed by atoms with Gasteiger partial charge in [-0.15, -0.1) is 0 Å². The number of hydrogen-bond donors (Lipinski definition) is 3. The quantitative estimate of drug-likeness (QED) is 0.486. The zero-order valence-electron chi connectivity index (χ0n) is 15.0. The highest BCUT2D eigenvalue weighted by molar-refractivity contribution is 6.35. The summed E-state index contributed by atoms with van der Waals surface area (Å²) in [5.41, 5.74) is 0.497. The van der Waals surface area contributed by atoms with Gasteiger partial charge in [0.1, 0.15) is 11.6 Å². The molecule has 1 amide bonds. The molecule has 0 saturated carbocycles. The zero-order valence-corrected chi connectivity index (χ0v) is 16.5. The molecule has 7 nitrogen and oxygen atoms in total. The third kappa shape index (κ3) is 5.43. The molecule has 2 heterocycles. The van der Waals surface area contributed by atoms with E-state index in [0.717, 1.165) is 0 Å². The van der Waals surface area contributed by atoms with Crippen molar-refractivity contribution in [2.45, 2.75) is 19.3 Å². The number of carbonyl (C=O) groups is 1. The van der Waals surface area contributed by atoms with Gasteiger partial charge in [-0.3, -0.25) is 9.59 Å². The van der Waals surface area contributed by atoms with Gasteiger partial charge in [0.25, 0.3) is 5.56 Å². The van der Waals surface area contributed by atoms with E-state index in [0.29, 0.717) is 64.9 Å². The lowest BCUT2D eigenvalue weighted by molar-refractivity contribution is -0.121. The molecule has 0 aliphatic rings. The smallest absolute Gasteiger partial charge is 0.258 e. The minimum absolute atomic E-state index is 0.0694. The van der Waals surface area contributed by atoms with Crippen LogP contribution in [0, 0.1) is 0 Å². The fraction of sp³-hybridized carbons (Fsp3) is 0.263. The van der Waals surface area contributed by atoms with Crippen molar-refractivity contribution in [1.82, 2.24) is 20.3 Å². The molecule has 0 atom stereocenters. The number of para-hydroxylation sites is 1. The van der Waals surface area contributed by atoms with Crippen molar-refractivity contribution in [2.24, 2.45) is 0 Å². The number of amides is 1. The average molecular weight is 420 g/mol. The Hall–Kier alpha value is -2.64. The fourth-order valence-corrected chi connectivity index (χ4v) is 3.13. The van der Waals surface area contributed by atoms with Crippen LogP contribution in [0.5, 0.6) is 0 Å². The standard InChI is InChI=1S/C19H19Cl2N5O2/c20-12-10-14(21)18(24-11-12)23-9-8-22-17(27)7-3-6-16-25-15-5-2-1-4-13(15)19(28)26-16/h1-2,4-5,10-11H,3,6-9H2,(H,22,27)(H,23,24)(H,25,26,28). The number of aromatic amines is 1. The summed E-state index contributed by atoms with van der Waals surface area (Å²) in [5.74, 6) is 1.04. The van der Waals surface area contributed by atoms with Gasteiger partial charge in [0.05, 0.1) is 20.9 Å². The number of benzene rings is 1. The third-order valence-electron chi connectivity index (χ3n) is 4.03. The molecule has 0 radical (unpaired) electrons. The summed E-state index contributed by atoms with van der Waals surface area (Å²) in [5, 5.41) is 7.31. The maximum absolute atomic E-state index is 12.0. The van der Waals surface area contributed by atoms with Crippen molar-refractivity contribution in [3.05, 3.63) is 62.8 Å². The molecule has 3 N–H and O–H groups in total. The van der Waals surface area contributed by atoms with Crippen LogP contribution in [0.4, 0.5) is 5.82 Å². The number of aromatic nitrogens is 3. The normalized spacial score (nSPS) is 10.8. The molecular weight excluding hydrogens is 401 g/mol. The van der Waals surface area contributed by atoms with E-state index in [2.05, 4.69) is 25.6 Å². The monoisotopic (exact) mass is 419 g/mol. The van der Waals surface area contributed by atoms with Crippen molar-refractivity contribution in [1.29, 1.82) is 0 Å². The van der Waals surface area contributed by atoms with Crippen molar-refractivity contribution in [3.63, 3.8) is 0 Å². The highest BCUT2D eigenvalue weighted by atomic mass is 35.5. The van der Waals surface area contributed by atoms with Gasteiger partial charge in [-0.2, -0.15) is 0 Å². The SMILES string of the molecule is O=C(CCCc1nc2ccccc2c(=O)[nH]1)NCCNc1ncc(Cl)cc1Cl. The number of halogens is 2. The largest absolute Gasteiger partial charge is 0.367 e. The number of hydrogen-bond acceptors (Lipinski definition) is 5. The number of H-pyrrole nitrogens is 1. The van der Waals surface area contributed by atoms with E-state index in [4.69, 9.17) is 23.2 Å². The molecule has 28 heavy (non-hydrogen) atoms. The second kappa shape index (κ2) is 9.52. The van der Waals surface area contributed by atoms with Crippen LogP contribution in [-0.2, 0) is 11.2 Å². The van der Waals surface area contributed by atoms with Crippen LogP contribution >= 0.6 is 23.2 Å². The third-order valence-corrected chi connectivity index (χ3v) is 4.52. The fourth-order valence-electron chi connectivity index (χ4n) is 2.69. The van der Waals surface area contributed by atoms with Gasteiger partial charge in [-0.1, -0.05) is 35.3 Å². The Morgan fingerprint density at radius 2 is 2.00 bits per heavy atom. The Labute approximate surface area is 171 Å². The number of nitrogens with zero attached hydrogens (tertiary/aromatic N) is 2. The first-order valence-electron chi connectivity index (χ1n) is 8.82. The molecule has 0 aliphatic carbocycles. The van der Waals surface area contributed by atoms with Gasteiger partial charge in [0, 0.05) is 32.1 Å². The van der Waals surface area contributed by atoms with Crippen molar-refractivity contribution in [3.8, 4) is 0 Å². The predicted octanol–water partition coefficient (Wildman–Crippen LogP) is 3.18. The minimum Gasteiger partial charge on any atom is -0.367 e. The summed E-state index contributed by atoms with van der Waals surface area (Å²) in [6.45, 7) is 0.921. The van der Waals surface area contributed by atoms with Crippen LogP contribution in [0.3, 0.4) is 0 Å². The first kappa shape index (κ1) is 20.1. The molecule has 0 fully saturated rings. The van der Waals surface area contributed by atoms with Crippen LogP contribution in [-0.4, -0.2) is 33.9 Å². The summed E-state index contributed by atoms with van der Waals surface area (Å²) in [7, 11) is 0. The van der Waals surface area contributed by atoms with Crippen LogP contribution in [0.15, 0.2) is 41.3 Å². The number of rotatable bonds is 8. The Morgan fingerprint density at radius 3 is 2.82 bits per heavy atom. The van der Waals surface area contributed by atoms with E-state index in [-0.39, 0.29) is 11.5 Å². The molecule has 3 aromatic rings. The molecule has 0 saturated heterocycles. The summed E-state index contributed by atoms with van der Waals surface area (Å²) in [4.78, 5) is 35.3. The molecule has 1 aromatic carbocycles. The van der Waals surface area contributed by atoms with E-state index < -0.39 is 0 Å². The number of aryl methyl sites for hydroxylation is 1. The molecular formula is C19H19Cl2N5O2. The number of nitrogens with one attached hydrogen (secondary N) is 3. The van der Waals surface area contributed by atoms with E-state index in [1.807, 2.05) is 6.07 Å². The highest BCUT2D eigenvalue weighted by Crippen LogP contribution is 2.22. The summed E-state index contributed by atoms with van der Waals surface area (Å²) >= 11 is 11.8. The Morgan fingerprint density at radius 1 is 1.18 bits per heavy atom. The van der Waals surface area contributed by atoms with E-state index in [1.54, 1.807) is 24.3 Å². The maximum Gasteiger partial charge on any atom is 0.258 e. The molecule has 9 heteroatoms. The highest BCUT2D eigenvalue weighted by Gasteiger charge is 2.06. The molecule has 2 aromatic heterocycles. The topological polar surface area (TPSA) is 99.8 Å². The maximum atomic E-state index is 12.0. The zero-order chi connectivity index (χ0) is 19.9. The molecule has 0 unspecified atom stereocenters. The van der Waals surface area contributed by atoms with E-state index >= 15 is 0 Å². The lowest BCUT2D eigenvalue weighted by Crippen LogP contribution is -2.28. The van der Waals surface area contributed by atoms with Gasteiger partial charge in [0.2, 0.25) is 5.91 Å². The van der Waals surface area contributed by atoms with Crippen LogP contribution in [0.25, 0.3) is 10.9 Å². The summed E-state index contributed by atoms with van der Waals surface area (Å²) < 4.78 is 0. The first-order chi connectivity index (χ1) is 13.5. The number of fused-ring (bicyclic) bond motifs is 1. The predicted molar refractivity (Wildman–Crippen MR) is 111 cm³/mol. The average Bonchev–Trinajstić information content (AvgIpc) is 2.67. The van der Waals surface area contributed by atoms with Gasteiger partial charge < -0.3 is 15.6 Å². The summed E-state index contributed by atoms with van der Waals surface area (Å²) in [6.07, 6.45) is 2.96. The Bertz CT molecular complexity index is 1040. The van der Waals surface area contributed by atoms with Gasteiger partial charge >= 0.3 is 0 Å². The van der Waals surface area contributed by atoms with Crippen molar-refractivity contribution in [2.75, 3.05) is 18.4 Å². The second-order valence-electron chi connectivity index (χ2n) is 6.14. The van der Waals surface area contributed by atoms with Crippen molar-refractivity contribution >= 4 is 45.8 Å². The number of anilines is 1. The first-order valence-corrected chi connectivity index (χ1v) is 9.58. The minimum atomic E-state index is -0.161. The Kier molecular flexibility index (Phi) is 6.84. The second-order valence-corrected chi connectivity index (χ2v) is 6.99. The van der Waals surface area contributed by atoms with Gasteiger partial charge in [0.15, 0.2) is 0 Å². The number of carbonyl (C=O) groups excluding carboxylic acids is 1. The van der Waals surface area contributed by atoms with Crippen LogP contribution in [0.1, 0.15) is 18.7 Å². The molecule has 0 aliphatic heterocycles. The van der Waals surface area contributed by atoms with Gasteiger partial charge in [-0.25, -0.2) is 9.97 Å².